The van der Waals surface area contributed by atoms with Crippen LogP contribution in [0.3, 0.4) is 0 Å². The van der Waals surface area contributed by atoms with Gasteiger partial charge in [-0.3, -0.25) is 0 Å². The second-order valence-corrected chi connectivity index (χ2v) is 10.1. The number of aromatic carboxylic acids is 3. The largest absolute Gasteiger partial charge is 0.478 e. The van der Waals surface area contributed by atoms with E-state index in [0.717, 1.165) is 39.0 Å². The normalized spacial score (nSPS) is 19.2. The summed E-state index contributed by atoms with van der Waals surface area (Å²) in [7, 11) is 0. The quantitative estimate of drug-likeness (QED) is 0.274. The van der Waals surface area contributed by atoms with E-state index in [1.54, 1.807) is 72.8 Å². The van der Waals surface area contributed by atoms with Gasteiger partial charge < -0.3 is 20.4 Å². The van der Waals surface area contributed by atoms with Crippen LogP contribution < -0.4 is 0 Å². The average Bonchev–Trinajstić information content (AvgIpc) is 2.89. The predicted octanol–water partition coefficient (Wildman–Crippen LogP) is 6.21. The molecule has 0 aromatic heterocycles. The van der Waals surface area contributed by atoms with Crippen molar-refractivity contribution in [1.29, 1.82) is 0 Å². The molecule has 0 saturated heterocycles. The van der Waals surface area contributed by atoms with E-state index in [1.165, 1.54) is 0 Å². The van der Waals surface area contributed by atoms with Gasteiger partial charge >= 0.3 is 17.9 Å². The Hall–Kier alpha value is -4.49. The number of rotatable bonds is 8. The lowest BCUT2D eigenvalue weighted by Gasteiger charge is -2.46. The molecular formula is C32H30O7. The molecule has 4 rings (SSSR count). The molecule has 200 valence electrons. The topological polar surface area (TPSA) is 132 Å². The Kier molecular flexibility index (Phi) is 7.56. The summed E-state index contributed by atoms with van der Waals surface area (Å²) in [5, 5.41) is 38.5. The maximum Gasteiger partial charge on any atom is 0.335 e. The number of carbonyl (C=O) groups is 3. The third-order valence-corrected chi connectivity index (χ3v) is 7.75. The highest BCUT2D eigenvalue weighted by Gasteiger charge is 2.45. The van der Waals surface area contributed by atoms with Crippen LogP contribution in [-0.2, 0) is 0 Å². The Balaban J connectivity index is 2.02. The van der Waals surface area contributed by atoms with Crippen molar-refractivity contribution in [2.75, 3.05) is 6.61 Å². The van der Waals surface area contributed by atoms with Gasteiger partial charge in [-0.15, -0.1) is 0 Å². The number of carboxylic acid groups (broad SMARTS) is 3. The molecular weight excluding hydrogens is 496 g/mol. The molecule has 7 nitrogen and oxygen atoms in total. The first-order valence-corrected chi connectivity index (χ1v) is 12.5. The number of aliphatic hydroxyl groups excluding tert-OH is 1. The molecule has 4 N–H and O–H groups in total. The van der Waals surface area contributed by atoms with Crippen LogP contribution >= 0.6 is 0 Å². The summed E-state index contributed by atoms with van der Waals surface area (Å²) in [6.07, 6.45) is 0.397. The van der Waals surface area contributed by atoms with E-state index in [0.29, 0.717) is 6.42 Å². The van der Waals surface area contributed by atoms with Crippen LogP contribution in [0.1, 0.15) is 80.9 Å². The molecule has 0 heterocycles. The van der Waals surface area contributed by atoms with E-state index in [2.05, 4.69) is 6.92 Å². The molecule has 2 unspecified atom stereocenters. The number of hydrogen-bond donors (Lipinski definition) is 4. The van der Waals surface area contributed by atoms with Crippen molar-refractivity contribution < 1.29 is 34.8 Å². The third-order valence-electron chi connectivity index (χ3n) is 7.75. The van der Waals surface area contributed by atoms with Crippen molar-refractivity contribution in [2.24, 2.45) is 5.41 Å². The van der Waals surface area contributed by atoms with Crippen LogP contribution in [0.15, 0.2) is 83.9 Å². The zero-order valence-electron chi connectivity index (χ0n) is 21.9. The van der Waals surface area contributed by atoms with Gasteiger partial charge in [0, 0.05) is 17.9 Å². The Labute approximate surface area is 226 Å². The molecule has 0 spiro atoms. The first-order chi connectivity index (χ1) is 18.5. The zero-order valence-corrected chi connectivity index (χ0v) is 21.9. The second-order valence-electron chi connectivity index (χ2n) is 10.1. The summed E-state index contributed by atoms with van der Waals surface area (Å²) in [5.41, 5.74) is 6.17. The lowest BCUT2D eigenvalue weighted by Crippen LogP contribution is -2.33. The highest BCUT2D eigenvalue weighted by atomic mass is 16.4. The molecule has 0 bridgehead atoms. The molecule has 0 amide bonds. The summed E-state index contributed by atoms with van der Waals surface area (Å²) >= 11 is 0. The van der Waals surface area contributed by atoms with Crippen molar-refractivity contribution in [2.45, 2.75) is 33.1 Å². The number of benzene rings is 3. The minimum absolute atomic E-state index is 0.0971. The van der Waals surface area contributed by atoms with Crippen molar-refractivity contribution in [3.05, 3.63) is 117 Å². The molecule has 39 heavy (non-hydrogen) atoms. The second kappa shape index (κ2) is 10.7. The SMILES string of the molecule is CC1=C(c2ccc(C(=O)O)cc2)C(C)(CCO)C(c2ccc(C(=O)O)cc2)C(C)=C1c1ccc(C(=O)O)cc1. The molecule has 0 radical (unpaired) electrons. The molecule has 1 aliphatic carbocycles. The molecule has 1 aliphatic rings. The molecule has 7 heteroatoms. The van der Waals surface area contributed by atoms with E-state index >= 15 is 0 Å². The van der Waals surface area contributed by atoms with Gasteiger partial charge in [0.15, 0.2) is 0 Å². The maximum atomic E-state index is 11.5. The summed E-state index contributed by atoms with van der Waals surface area (Å²) < 4.78 is 0. The monoisotopic (exact) mass is 526 g/mol. The minimum atomic E-state index is -1.03. The lowest BCUT2D eigenvalue weighted by molar-refractivity contribution is 0.0686. The van der Waals surface area contributed by atoms with E-state index < -0.39 is 23.3 Å². The van der Waals surface area contributed by atoms with Crippen molar-refractivity contribution in [3.8, 4) is 0 Å². The fourth-order valence-corrected chi connectivity index (χ4v) is 6.10. The van der Waals surface area contributed by atoms with Crippen LogP contribution in [0.25, 0.3) is 11.1 Å². The first-order valence-electron chi connectivity index (χ1n) is 12.5. The predicted molar refractivity (Wildman–Crippen MR) is 148 cm³/mol. The highest BCUT2D eigenvalue weighted by molar-refractivity contribution is 5.97. The van der Waals surface area contributed by atoms with Gasteiger partial charge in [-0.1, -0.05) is 48.9 Å². The summed E-state index contributed by atoms with van der Waals surface area (Å²) in [6, 6.07) is 20.1. The van der Waals surface area contributed by atoms with Gasteiger partial charge in [-0.05, 0) is 90.1 Å². The third kappa shape index (κ3) is 5.01. The van der Waals surface area contributed by atoms with Crippen LogP contribution in [0.2, 0.25) is 0 Å². The molecule has 0 aliphatic heterocycles. The van der Waals surface area contributed by atoms with Gasteiger partial charge in [0.25, 0.3) is 0 Å². The van der Waals surface area contributed by atoms with Gasteiger partial charge in [0.2, 0.25) is 0 Å². The number of allylic oxidation sites excluding steroid dienone is 4. The molecule has 0 fully saturated rings. The highest BCUT2D eigenvalue weighted by Crippen LogP contribution is 2.59. The van der Waals surface area contributed by atoms with Gasteiger partial charge in [-0.25, -0.2) is 14.4 Å². The van der Waals surface area contributed by atoms with Gasteiger partial charge in [0.05, 0.1) is 16.7 Å². The smallest absolute Gasteiger partial charge is 0.335 e. The zero-order chi connectivity index (χ0) is 28.5. The standard InChI is InChI=1S/C32H30O7/c1-18-26(20-4-10-23(11-5-20)29(34)35)19(2)28(22-8-14-25(15-9-22)31(38)39)32(3,16-17-33)27(18)21-6-12-24(13-7-21)30(36)37/h4-15,27,33H,16-17H2,1-3H3,(H,34,35)(H,36,37)(H,38,39). The summed E-state index contributed by atoms with van der Waals surface area (Å²) in [6.45, 7) is 5.97. The Bertz CT molecular complexity index is 1490. The first kappa shape index (κ1) is 27.5. The maximum absolute atomic E-state index is 11.5. The molecule has 0 saturated carbocycles. The fraction of sp³-hybridized carbons (Fsp3) is 0.219. The Morgan fingerprint density at radius 3 is 1.51 bits per heavy atom. The Morgan fingerprint density at radius 2 is 1.10 bits per heavy atom. The molecule has 3 aromatic carbocycles. The van der Waals surface area contributed by atoms with Crippen LogP contribution in [0, 0.1) is 5.41 Å². The fourth-order valence-electron chi connectivity index (χ4n) is 6.10. The van der Waals surface area contributed by atoms with Crippen molar-refractivity contribution >= 4 is 29.1 Å². The minimum Gasteiger partial charge on any atom is -0.478 e. The van der Waals surface area contributed by atoms with Crippen LogP contribution in [0.4, 0.5) is 0 Å². The van der Waals surface area contributed by atoms with Gasteiger partial charge in [-0.2, -0.15) is 0 Å². The number of aliphatic hydroxyl groups is 1. The van der Waals surface area contributed by atoms with E-state index in [1.807, 2.05) is 13.8 Å². The molecule has 2 atom stereocenters. The number of hydrogen-bond acceptors (Lipinski definition) is 4. The lowest BCUT2D eigenvalue weighted by atomic mass is 9.57. The van der Waals surface area contributed by atoms with E-state index in [9.17, 15) is 34.8 Å². The average molecular weight is 527 g/mol. The van der Waals surface area contributed by atoms with Crippen LogP contribution in [-0.4, -0.2) is 44.9 Å². The van der Waals surface area contributed by atoms with E-state index in [4.69, 9.17) is 0 Å². The summed E-state index contributed by atoms with van der Waals surface area (Å²) in [4.78, 5) is 34.5. The van der Waals surface area contributed by atoms with Crippen LogP contribution in [0.5, 0.6) is 0 Å². The van der Waals surface area contributed by atoms with Crippen molar-refractivity contribution in [1.82, 2.24) is 0 Å². The van der Waals surface area contributed by atoms with Crippen molar-refractivity contribution in [3.63, 3.8) is 0 Å². The van der Waals surface area contributed by atoms with Gasteiger partial charge in [0.1, 0.15) is 0 Å². The number of carboxylic acids is 3. The van der Waals surface area contributed by atoms with E-state index in [-0.39, 0.29) is 29.2 Å². The molecule has 3 aromatic rings. The summed E-state index contributed by atoms with van der Waals surface area (Å²) in [5.74, 6) is -3.33. The Morgan fingerprint density at radius 1 is 0.692 bits per heavy atom.